The van der Waals surface area contributed by atoms with Gasteiger partial charge in [0.1, 0.15) is 5.52 Å². The first-order valence-electron chi connectivity index (χ1n) is 6.64. The van der Waals surface area contributed by atoms with Crippen LogP contribution in [-0.4, -0.2) is 24.2 Å². The summed E-state index contributed by atoms with van der Waals surface area (Å²) in [6.45, 7) is 2.13. The number of nitrogens with one attached hydrogen (secondary N) is 1. The lowest BCUT2D eigenvalue weighted by atomic mass is 9.86. The second-order valence-electron chi connectivity index (χ2n) is 5.18. The Labute approximate surface area is 114 Å². The van der Waals surface area contributed by atoms with E-state index in [1.165, 1.54) is 0 Å². The van der Waals surface area contributed by atoms with Crippen molar-refractivity contribution in [2.24, 2.45) is 0 Å². The van der Waals surface area contributed by atoms with Crippen molar-refractivity contribution in [1.29, 1.82) is 0 Å². The molecule has 0 radical (unpaired) electrons. The van der Waals surface area contributed by atoms with Gasteiger partial charge >= 0.3 is 6.18 Å². The molecule has 20 heavy (non-hydrogen) atoms. The Bertz CT molecular complexity index is 627. The predicted molar refractivity (Wildman–Crippen MR) is 68.6 cm³/mol. The maximum atomic E-state index is 13.4. The molecule has 1 aromatic heterocycles. The van der Waals surface area contributed by atoms with Crippen LogP contribution in [0.5, 0.6) is 0 Å². The van der Waals surface area contributed by atoms with Crippen LogP contribution in [-0.2, 0) is 11.8 Å². The Kier molecular flexibility index (Phi) is 3.01. The summed E-state index contributed by atoms with van der Waals surface area (Å²) in [5.41, 5.74) is -0.0659. The lowest BCUT2D eigenvalue weighted by Crippen LogP contribution is -2.44. The Morgan fingerprint density at radius 3 is 2.80 bits per heavy atom. The standard InChI is InChI=1S/C14H15F3N2O/c1-2-9-3-4-11-10(7-9)19-12(20-11)13(14(15,16)17)5-6-18-8-13/h3-4,7,18H,2,5-6,8H2,1H3. The van der Waals surface area contributed by atoms with Gasteiger partial charge in [-0.25, -0.2) is 4.98 Å². The smallest absolute Gasteiger partial charge is 0.404 e. The Balaban J connectivity index is 2.12. The fourth-order valence-corrected chi connectivity index (χ4v) is 2.64. The first-order chi connectivity index (χ1) is 9.46. The molecule has 2 aromatic rings. The third-order valence-electron chi connectivity index (χ3n) is 3.97. The third-order valence-corrected chi connectivity index (χ3v) is 3.97. The zero-order chi connectivity index (χ0) is 14.4. The number of rotatable bonds is 2. The Hall–Kier alpha value is -1.56. The summed E-state index contributed by atoms with van der Waals surface area (Å²) in [7, 11) is 0. The van der Waals surface area contributed by atoms with Gasteiger partial charge < -0.3 is 9.73 Å². The number of hydrogen-bond acceptors (Lipinski definition) is 3. The predicted octanol–water partition coefficient (Wildman–Crippen LogP) is 3.18. The number of fused-ring (bicyclic) bond motifs is 1. The molecule has 1 aliphatic heterocycles. The summed E-state index contributed by atoms with van der Waals surface area (Å²) in [4.78, 5) is 4.12. The van der Waals surface area contributed by atoms with Gasteiger partial charge in [-0.15, -0.1) is 0 Å². The molecule has 0 amide bonds. The minimum atomic E-state index is -4.37. The van der Waals surface area contributed by atoms with Gasteiger partial charge in [0.2, 0.25) is 5.89 Å². The molecule has 6 heteroatoms. The first-order valence-corrected chi connectivity index (χ1v) is 6.64. The van der Waals surface area contributed by atoms with Crippen molar-refractivity contribution in [1.82, 2.24) is 10.3 Å². The van der Waals surface area contributed by atoms with Gasteiger partial charge in [-0.05, 0) is 37.1 Å². The number of aryl methyl sites for hydroxylation is 1. The summed E-state index contributed by atoms with van der Waals surface area (Å²) in [5.74, 6) is -0.224. The molecule has 2 heterocycles. The fraction of sp³-hybridized carbons (Fsp3) is 0.500. The van der Waals surface area contributed by atoms with E-state index in [0.717, 1.165) is 12.0 Å². The molecule has 1 N–H and O–H groups in total. The molecule has 1 unspecified atom stereocenters. The molecular weight excluding hydrogens is 269 g/mol. The molecule has 1 atom stereocenters. The van der Waals surface area contributed by atoms with Crippen molar-refractivity contribution in [2.45, 2.75) is 31.4 Å². The lowest BCUT2D eigenvalue weighted by Gasteiger charge is -2.27. The fourth-order valence-electron chi connectivity index (χ4n) is 2.64. The maximum Gasteiger partial charge on any atom is 0.404 e. The minimum absolute atomic E-state index is 0.0377. The number of oxazole rings is 1. The van der Waals surface area contributed by atoms with Gasteiger partial charge in [0.15, 0.2) is 11.0 Å². The van der Waals surface area contributed by atoms with Crippen molar-refractivity contribution < 1.29 is 17.6 Å². The SMILES string of the molecule is CCc1ccc2oc(C3(C(F)(F)F)CCNC3)nc2c1. The van der Waals surface area contributed by atoms with Crippen molar-refractivity contribution in [2.75, 3.05) is 13.1 Å². The van der Waals surface area contributed by atoms with Crippen LogP contribution in [0.4, 0.5) is 13.2 Å². The van der Waals surface area contributed by atoms with Crippen LogP contribution in [0.2, 0.25) is 0 Å². The van der Waals surface area contributed by atoms with Gasteiger partial charge in [-0.3, -0.25) is 0 Å². The topological polar surface area (TPSA) is 38.1 Å². The summed E-state index contributed by atoms with van der Waals surface area (Å²) < 4.78 is 45.7. The molecule has 0 aliphatic carbocycles. The highest BCUT2D eigenvalue weighted by Crippen LogP contribution is 2.45. The molecular formula is C14H15F3N2O. The molecule has 3 nitrogen and oxygen atoms in total. The second kappa shape index (κ2) is 4.48. The van der Waals surface area contributed by atoms with Crippen LogP contribution in [0.3, 0.4) is 0 Å². The van der Waals surface area contributed by atoms with E-state index in [4.69, 9.17) is 4.42 Å². The van der Waals surface area contributed by atoms with Gasteiger partial charge in [0, 0.05) is 6.54 Å². The Morgan fingerprint density at radius 2 is 2.20 bits per heavy atom. The van der Waals surface area contributed by atoms with Gasteiger partial charge in [-0.2, -0.15) is 13.2 Å². The number of aromatic nitrogens is 1. The van der Waals surface area contributed by atoms with Crippen LogP contribution >= 0.6 is 0 Å². The van der Waals surface area contributed by atoms with Crippen LogP contribution in [0.15, 0.2) is 22.6 Å². The maximum absolute atomic E-state index is 13.4. The van der Waals surface area contributed by atoms with Crippen LogP contribution < -0.4 is 5.32 Å². The quantitative estimate of drug-likeness (QED) is 0.920. The van der Waals surface area contributed by atoms with Gasteiger partial charge in [0.05, 0.1) is 0 Å². The van der Waals surface area contributed by atoms with Crippen molar-refractivity contribution in [3.8, 4) is 0 Å². The van der Waals surface area contributed by atoms with Gasteiger partial charge in [0.25, 0.3) is 0 Å². The molecule has 108 valence electrons. The average molecular weight is 284 g/mol. The van der Waals surface area contributed by atoms with Crippen molar-refractivity contribution >= 4 is 11.1 Å². The molecule has 0 saturated carbocycles. The average Bonchev–Trinajstić information content (AvgIpc) is 3.04. The first kappa shape index (κ1) is 13.4. The zero-order valence-electron chi connectivity index (χ0n) is 11.0. The van der Waals surface area contributed by atoms with E-state index >= 15 is 0 Å². The third kappa shape index (κ3) is 1.90. The summed E-state index contributed by atoms with van der Waals surface area (Å²) in [6.07, 6.45) is -3.60. The molecule has 3 rings (SSSR count). The lowest BCUT2D eigenvalue weighted by molar-refractivity contribution is -0.190. The zero-order valence-corrected chi connectivity index (χ0v) is 11.0. The summed E-state index contributed by atoms with van der Waals surface area (Å²) in [6, 6.07) is 5.33. The number of nitrogens with zero attached hydrogens (tertiary/aromatic N) is 1. The molecule has 1 saturated heterocycles. The molecule has 1 fully saturated rings. The number of hydrogen-bond donors (Lipinski definition) is 1. The highest BCUT2D eigenvalue weighted by molar-refractivity contribution is 5.73. The van der Waals surface area contributed by atoms with E-state index < -0.39 is 11.6 Å². The number of alkyl halides is 3. The molecule has 0 bridgehead atoms. The van der Waals surface area contributed by atoms with E-state index in [1.54, 1.807) is 12.1 Å². The monoisotopic (exact) mass is 284 g/mol. The van der Waals surface area contributed by atoms with E-state index in [-0.39, 0.29) is 18.9 Å². The van der Waals surface area contributed by atoms with E-state index in [2.05, 4.69) is 10.3 Å². The largest absolute Gasteiger partial charge is 0.440 e. The van der Waals surface area contributed by atoms with E-state index in [1.807, 2.05) is 13.0 Å². The highest BCUT2D eigenvalue weighted by atomic mass is 19.4. The number of halogens is 3. The normalized spacial score (nSPS) is 23.6. The molecule has 0 spiro atoms. The minimum Gasteiger partial charge on any atom is -0.440 e. The van der Waals surface area contributed by atoms with Crippen molar-refractivity contribution in [3.05, 3.63) is 29.7 Å². The number of benzene rings is 1. The van der Waals surface area contributed by atoms with Crippen LogP contribution in [0.1, 0.15) is 24.8 Å². The molecule has 1 aromatic carbocycles. The Morgan fingerprint density at radius 1 is 1.40 bits per heavy atom. The van der Waals surface area contributed by atoms with Crippen molar-refractivity contribution in [3.63, 3.8) is 0 Å². The summed E-state index contributed by atoms with van der Waals surface area (Å²) >= 11 is 0. The van der Waals surface area contributed by atoms with Crippen LogP contribution in [0, 0.1) is 0 Å². The molecule has 1 aliphatic rings. The van der Waals surface area contributed by atoms with Gasteiger partial charge in [-0.1, -0.05) is 13.0 Å². The van der Waals surface area contributed by atoms with Crippen LogP contribution in [0.25, 0.3) is 11.1 Å². The van der Waals surface area contributed by atoms with E-state index in [0.29, 0.717) is 17.6 Å². The second-order valence-corrected chi connectivity index (χ2v) is 5.18. The summed E-state index contributed by atoms with van der Waals surface area (Å²) in [5, 5.41) is 2.77. The van der Waals surface area contributed by atoms with E-state index in [9.17, 15) is 13.2 Å². The highest BCUT2D eigenvalue weighted by Gasteiger charge is 2.60.